The lowest BCUT2D eigenvalue weighted by Crippen LogP contribution is -2.65. The molecular formula is C28H39BN2O5. The lowest BCUT2D eigenvalue weighted by Gasteiger charge is -2.64. The van der Waals surface area contributed by atoms with E-state index in [0.29, 0.717) is 24.8 Å². The summed E-state index contributed by atoms with van der Waals surface area (Å²) in [4.78, 5) is 26.8. The second kappa shape index (κ2) is 9.53. The average molecular weight is 494 g/mol. The Balaban J connectivity index is 1.27. The van der Waals surface area contributed by atoms with Gasteiger partial charge in [-0.25, -0.2) is 4.79 Å². The third kappa shape index (κ3) is 4.47. The van der Waals surface area contributed by atoms with Crippen LogP contribution < -0.4 is 5.32 Å². The van der Waals surface area contributed by atoms with E-state index in [-0.39, 0.29) is 35.7 Å². The summed E-state index contributed by atoms with van der Waals surface area (Å²) < 4.78 is 18.8. The first-order valence-electron chi connectivity index (χ1n) is 13.4. The molecule has 6 atom stereocenters. The zero-order valence-electron chi connectivity index (χ0n) is 22.0. The maximum atomic E-state index is 13.0. The highest BCUT2D eigenvalue weighted by Gasteiger charge is 2.68. The van der Waals surface area contributed by atoms with Gasteiger partial charge in [-0.3, -0.25) is 4.79 Å². The summed E-state index contributed by atoms with van der Waals surface area (Å²) in [6.45, 7) is 13.3. The number of amides is 2. The number of carbonyl (C=O) groups excluding carboxylic acids is 2. The van der Waals surface area contributed by atoms with E-state index in [1.165, 1.54) is 18.1 Å². The molecule has 0 radical (unpaired) electrons. The smallest absolute Gasteiger partial charge is 0.447 e. The van der Waals surface area contributed by atoms with Gasteiger partial charge in [0.1, 0.15) is 6.61 Å². The van der Waals surface area contributed by atoms with E-state index in [1.54, 1.807) is 4.90 Å². The van der Waals surface area contributed by atoms with Crippen LogP contribution in [-0.4, -0.2) is 60.9 Å². The molecule has 2 bridgehead atoms. The van der Waals surface area contributed by atoms with Crippen LogP contribution in [0.2, 0.25) is 0 Å². The van der Waals surface area contributed by atoms with Crippen molar-refractivity contribution in [3.05, 3.63) is 48.0 Å². The fourth-order valence-electron chi connectivity index (χ4n) is 7.05. The summed E-state index contributed by atoms with van der Waals surface area (Å²) in [7, 11) is -0.547. The topological polar surface area (TPSA) is 77.1 Å². The Morgan fingerprint density at radius 2 is 2.03 bits per heavy atom. The number of hydrogen-bond acceptors (Lipinski definition) is 5. The van der Waals surface area contributed by atoms with Crippen LogP contribution in [0.25, 0.3) is 0 Å². The number of carbonyl (C=O) groups is 2. The summed E-state index contributed by atoms with van der Waals surface area (Å²) >= 11 is 0. The van der Waals surface area contributed by atoms with Crippen LogP contribution in [0.4, 0.5) is 4.79 Å². The zero-order chi connectivity index (χ0) is 25.7. The Kier molecular flexibility index (Phi) is 6.71. The molecular weight excluding hydrogens is 455 g/mol. The SMILES string of the molecule is C=CC(=O)N1CCC[C@@H]1COC(=O)N[C@@H](Cc1ccc(C)cc1)B1O[C@@H]2C[C@@H]3C[C@@H](C3(C)C)[C@]2(C)O1. The van der Waals surface area contributed by atoms with Gasteiger partial charge < -0.3 is 24.3 Å². The van der Waals surface area contributed by atoms with E-state index in [1.807, 2.05) is 0 Å². The van der Waals surface area contributed by atoms with Crippen molar-refractivity contribution in [1.29, 1.82) is 0 Å². The quantitative estimate of drug-likeness (QED) is 0.457. The number of hydrogen-bond donors (Lipinski definition) is 1. The Bertz CT molecular complexity index is 1010. The molecule has 6 rings (SSSR count). The predicted octanol–water partition coefficient (Wildman–Crippen LogP) is 4.08. The van der Waals surface area contributed by atoms with Crippen molar-refractivity contribution < 1.29 is 23.6 Å². The van der Waals surface area contributed by atoms with E-state index in [4.69, 9.17) is 14.0 Å². The van der Waals surface area contributed by atoms with Gasteiger partial charge in [-0.1, -0.05) is 50.3 Å². The maximum absolute atomic E-state index is 13.0. The molecule has 2 saturated heterocycles. The van der Waals surface area contributed by atoms with Gasteiger partial charge in [0.25, 0.3) is 0 Å². The lowest BCUT2D eigenvalue weighted by molar-refractivity contribution is -0.199. The summed E-state index contributed by atoms with van der Waals surface area (Å²) in [5, 5.41) is 3.05. The van der Waals surface area contributed by atoms with Gasteiger partial charge >= 0.3 is 13.2 Å². The third-order valence-corrected chi connectivity index (χ3v) is 9.42. The van der Waals surface area contributed by atoms with E-state index in [0.717, 1.165) is 24.8 Å². The van der Waals surface area contributed by atoms with Crippen molar-refractivity contribution in [2.45, 2.75) is 83.5 Å². The number of alkyl carbamates (subject to hydrolysis) is 1. The molecule has 0 aromatic heterocycles. The largest absolute Gasteiger partial charge is 0.482 e. The number of likely N-dealkylation sites (tertiary alicyclic amines) is 1. The highest BCUT2D eigenvalue weighted by Crippen LogP contribution is 2.65. The van der Waals surface area contributed by atoms with Crippen LogP contribution in [0.3, 0.4) is 0 Å². The van der Waals surface area contributed by atoms with Gasteiger partial charge in [-0.2, -0.15) is 0 Å². The normalized spacial score (nSPS) is 32.9. The van der Waals surface area contributed by atoms with Crippen molar-refractivity contribution >= 4 is 19.1 Å². The second-order valence-electron chi connectivity index (χ2n) is 11.9. The minimum atomic E-state index is -0.547. The molecule has 8 heteroatoms. The van der Waals surface area contributed by atoms with Crippen LogP contribution in [0.5, 0.6) is 0 Å². The molecule has 2 aliphatic heterocycles. The highest BCUT2D eigenvalue weighted by atomic mass is 16.7. The van der Waals surface area contributed by atoms with E-state index < -0.39 is 19.2 Å². The van der Waals surface area contributed by atoms with Crippen molar-refractivity contribution in [2.24, 2.45) is 17.3 Å². The monoisotopic (exact) mass is 494 g/mol. The molecule has 1 aromatic rings. The summed E-state index contributed by atoms with van der Waals surface area (Å²) in [5.41, 5.74) is 2.18. The number of rotatable bonds is 7. The molecule has 3 aliphatic carbocycles. The van der Waals surface area contributed by atoms with Gasteiger partial charge in [0.2, 0.25) is 5.91 Å². The van der Waals surface area contributed by atoms with Crippen LogP contribution in [-0.2, 0) is 25.3 Å². The van der Waals surface area contributed by atoms with Crippen LogP contribution in [0.15, 0.2) is 36.9 Å². The highest BCUT2D eigenvalue weighted by molar-refractivity contribution is 6.47. The average Bonchev–Trinajstić information content (AvgIpc) is 3.46. The Hall–Kier alpha value is -2.32. The molecule has 3 saturated carbocycles. The van der Waals surface area contributed by atoms with E-state index in [9.17, 15) is 9.59 Å². The molecule has 5 aliphatic rings. The fraction of sp³-hybridized carbons (Fsp3) is 0.643. The number of nitrogens with zero attached hydrogens (tertiary/aromatic N) is 1. The molecule has 36 heavy (non-hydrogen) atoms. The first kappa shape index (κ1) is 25.3. The molecule has 0 unspecified atom stereocenters. The van der Waals surface area contributed by atoms with Gasteiger partial charge in [0.05, 0.1) is 23.7 Å². The number of ether oxygens (including phenoxy) is 1. The first-order valence-corrected chi connectivity index (χ1v) is 13.4. The minimum absolute atomic E-state index is 0.0366. The standard InChI is InChI=1S/C28H39BN2O5/c1-6-25(32)31-13-7-8-21(31)17-34-26(33)30-24(14-19-11-9-18(2)10-12-19)29-35-23-16-20-15-22(27(20,3)4)28(23,5)36-29/h6,9-12,20-24H,1,7-8,13-17H2,2-5H3,(H,30,33)/t20-,21+,22-,23+,24-,28-/m0/s1. The molecule has 2 heterocycles. The van der Waals surface area contributed by atoms with E-state index in [2.05, 4.69) is 63.9 Å². The van der Waals surface area contributed by atoms with E-state index >= 15 is 0 Å². The van der Waals surface area contributed by atoms with Crippen molar-refractivity contribution in [3.8, 4) is 0 Å². The molecule has 0 spiro atoms. The Labute approximate surface area is 215 Å². The number of benzene rings is 1. The third-order valence-electron chi connectivity index (χ3n) is 9.42. The number of aryl methyl sites for hydroxylation is 1. The molecule has 1 aromatic carbocycles. The first-order chi connectivity index (χ1) is 17.1. The fourth-order valence-corrected chi connectivity index (χ4v) is 7.05. The molecule has 2 amide bonds. The Morgan fingerprint density at radius 3 is 2.72 bits per heavy atom. The summed E-state index contributed by atoms with van der Waals surface area (Å²) in [5.74, 6) is 0.589. The molecule has 1 N–H and O–H groups in total. The van der Waals surface area contributed by atoms with Gasteiger partial charge in [0.15, 0.2) is 0 Å². The summed E-state index contributed by atoms with van der Waals surface area (Å²) in [6, 6.07) is 8.19. The van der Waals surface area contributed by atoms with Gasteiger partial charge in [0, 0.05) is 6.54 Å². The second-order valence-corrected chi connectivity index (χ2v) is 11.9. The van der Waals surface area contributed by atoms with Crippen molar-refractivity contribution in [3.63, 3.8) is 0 Å². The van der Waals surface area contributed by atoms with Gasteiger partial charge in [-0.05, 0) is 74.8 Å². The van der Waals surface area contributed by atoms with Crippen molar-refractivity contribution in [2.75, 3.05) is 13.2 Å². The summed E-state index contributed by atoms with van der Waals surface area (Å²) in [6.07, 6.45) is 5.29. The predicted molar refractivity (Wildman–Crippen MR) is 138 cm³/mol. The maximum Gasteiger partial charge on any atom is 0.482 e. The van der Waals surface area contributed by atoms with Crippen molar-refractivity contribution in [1.82, 2.24) is 10.2 Å². The molecule has 5 fully saturated rings. The molecule has 194 valence electrons. The van der Waals surface area contributed by atoms with Crippen LogP contribution in [0, 0.1) is 24.2 Å². The number of nitrogens with one attached hydrogen (secondary N) is 1. The van der Waals surface area contributed by atoms with Gasteiger partial charge in [-0.15, -0.1) is 0 Å². The van der Waals surface area contributed by atoms with Crippen LogP contribution >= 0.6 is 0 Å². The van der Waals surface area contributed by atoms with Crippen LogP contribution in [0.1, 0.15) is 57.6 Å². The zero-order valence-corrected chi connectivity index (χ0v) is 22.0. The Morgan fingerprint density at radius 1 is 1.28 bits per heavy atom. The minimum Gasteiger partial charge on any atom is -0.447 e. The molecule has 7 nitrogen and oxygen atoms in total. The lowest BCUT2D eigenvalue weighted by atomic mass is 9.43.